The van der Waals surface area contributed by atoms with Crippen LogP contribution in [-0.2, 0) is 26.2 Å². The number of hydrogen-bond acceptors (Lipinski definition) is 6. The fraction of sp³-hybridized carbons (Fsp3) is 0.250. The first-order chi connectivity index (χ1) is 14.1. The zero-order valence-corrected chi connectivity index (χ0v) is 17.1. The lowest BCUT2D eigenvalue weighted by atomic mass is 10.0. The maximum absolute atomic E-state index is 12.4. The number of Topliss-reactive ketones (excluding diaryl/α,β-unsaturated/α-hetero) is 1. The van der Waals surface area contributed by atoms with Crippen molar-refractivity contribution in [2.45, 2.75) is 24.3 Å². The van der Waals surface area contributed by atoms with Gasteiger partial charge in [-0.2, -0.15) is 0 Å². The summed E-state index contributed by atoms with van der Waals surface area (Å²) in [5.41, 5.74) is 1.61. The molecule has 0 fully saturated rings. The number of fused-ring (bicyclic) bond motifs is 1. The van der Waals surface area contributed by atoms with E-state index in [0.29, 0.717) is 22.6 Å². The van der Waals surface area contributed by atoms with Crippen molar-refractivity contribution < 1.29 is 27.5 Å². The minimum atomic E-state index is -3.76. The van der Waals surface area contributed by atoms with E-state index in [-0.39, 0.29) is 48.5 Å². The van der Waals surface area contributed by atoms with Gasteiger partial charge in [-0.25, -0.2) is 13.6 Å². The molecule has 2 aromatic rings. The summed E-state index contributed by atoms with van der Waals surface area (Å²) in [4.78, 5) is 37.7. The minimum Gasteiger partial charge on any atom is -0.482 e. The molecule has 0 bridgehead atoms. The molecule has 2 amide bonds. The number of primary sulfonamides is 1. The number of nitrogens with one attached hydrogen (secondary N) is 1. The minimum absolute atomic E-state index is 0.00352. The molecule has 0 aromatic heterocycles. The molecule has 2 aromatic carbocycles. The quantitative estimate of drug-likeness (QED) is 0.627. The van der Waals surface area contributed by atoms with Gasteiger partial charge in [0.15, 0.2) is 12.4 Å². The van der Waals surface area contributed by atoms with Crippen LogP contribution in [0.3, 0.4) is 0 Å². The molecule has 10 heteroatoms. The third-order valence-electron chi connectivity index (χ3n) is 4.69. The number of carbonyl (C=O) groups excluding carboxylic acids is 3. The van der Waals surface area contributed by atoms with Gasteiger partial charge in [-0.05, 0) is 35.9 Å². The Morgan fingerprint density at radius 1 is 1.13 bits per heavy atom. The van der Waals surface area contributed by atoms with E-state index >= 15 is 0 Å². The molecule has 1 heterocycles. The molecule has 1 aliphatic heterocycles. The predicted octanol–water partition coefficient (Wildman–Crippen LogP) is 0.969. The van der Waals surface area contributed by atoms with Crippen molar-refractivity contribution in [3.05, 3.63) is 53.6 Å². The summed E-state index contributed by atoms with van der Waals surface area (Å²) >= 11 is 0. The summed E-state index contributed by atoms with van der Waals surface area (Å²) in [5, 5.41) is 7.72. The second-order valence-electron chi connectivity index (χ2n) is 6.81. The highest BCUT2D eigenvalue weighted by molar-refractivity contribution is 7.89. The number of nitrogens with zero attached hydrogens (tertiary/aromatic N) is 1. The van der Waals surface area contributed by atoms with Crippen molar-refractivity contribution in [1.29, 1.82) is 0 Å². The van der Waals surface area contributed by atoms with Crippen molar-refractivity contribution in [3.8, 4) is 5.75 Å². The van der Waals surface area contributed by atoms with E-state index in [2.05, 4.69) is 5.32 Å². The van der Waals surface area contributed by atoms with Crippen LogP contribution >= 0.6 is 0 Å². The largest absolute Gasteiger partial charge is 0.482 e. The average molecular weight is 431 g/mol. The van der Waals surface area contributed by atoms with Crippen molar-refractivity contribution in [2.24, 2.45) is 5.14 Å². The maximum Gasteiger partial charge on any atom is 0.264 e. The Labute approximate surface area is 173 Å². The molecule has 1 aliphatic rings. The Bertz CT molecular complexity index is 1100. The Morgan fingerprint density at radius 2 is 1.83 bits per heavy atom. The molecule has 3 rings (SSSR count). The molecule has 0 radical (unpaired) electrons. The van der Waals surface area contributed by atoms with Crippen molar-refractivity contribution >= 4 is 33.3 Å². The van der Waals surface area contributed by atoms with Gasteiger partial charge in [0.1, 0.15) is 5.75 Å². The first kappa shape index (κ1) is 21.5. The predicted molar refractivity (Wildman–Crippen MR) is 109 cm³/mol. The standard InChI is InChI=1S/C20H21N3O6S/c1-23-16-10-14(4-8-18(16)29-12-20(23)26)17(24)7-9-19(25)22-11-13-2-5-15(6-3-13)30(21,27)28/h2-6,8,10H,7,9,11-12H2,1H3,(H,22,25)(H2,21,27,28). The topological polar surface area (TPSA) is 136 Å². The first-order valence-corrected chi connectivity index (χ1v) is 10.6. The molecule has 0 atom stereocenters. The number of hydrogen-bond donors (Lipinski definition) is 2. The zero-order valence-electron chi connectivity index (χ0n) is 16.3. The number of rotatable bonds is 7. The van der Waals surface area contributed by atoms with Gasteiger partial charge in [-0.15, -0.1) is 0 Å². The zero-order chi connectivity index (χ0) is 21.9. The molecule has 0 aliphatic carbocycles. The third-order valence-corrected chi connectivity index (χ3v) is 5.62. The molecule has 3 N–H and O–H groups in total. The van der Waals surface area contributed by atoms with Gasteiger partial charge < -0.3 is 15.0 Å². The van der Waals surface area contributed by atoms with Crippen LogP contribution in [0.2, 0.25) is 0 Å². The summed E-state index contributed by atoms with van der Waals surface area (Å²) in [5.74, 6) is -0.215. The number of ketones is 1. The lowest BCUT2D eigenvalue weighted by Crippen LogP contribution is -2.35. The van der Waals surface area contributed by atoms with Crippen LogP contribution in [0.25, 0.3) is 0 Å². The Balaban J connectivity index is 1.52. The normalized spacial score (nSPS) is 13.4. The van der Waals surface area contributed by atoms with Crippen molar-refractivity contribution in [1.82, 2.24) is 5.32 Å². The van der Waals surface area contributed by atoms with Gasteiger partial charge in [-0.1, -0.05) is 12.1 Å². The average Bonchev–Trinajstić information content (AvgIpc) is 2.72. The highest BCUT2D eigenvalue weighted by Gasteiger charge is 2.23. The van der Waals surface area contributed by atoms with Crippen LogP contribution in [-0.4, -0.2) is 39.7 Å². The molecule has 158 valence electrons. The molecular formula is C20H21N3O6S. The molecule has 0 spiro atoms. The fourth-order valence-corrected chi connectivity index (χ4v) is 3.42. The van der Waals surface area contributed by atoms with Gasteiger partial charge in [0.05, 0.1) is 10.6 Å². The summed E-state index contributed by atoms with van der Waals surface area (Å²) < 4.78 is 27.8. The number of likely N-dealkylation sites (N-methyl/N-ethyl adjacent to an activating group) is 1. The molecule has 30 heavy (non-hydrogen) atoms. The first-order valence-electron chi connectivity index (χ1n) is 9.10. The molecular weight excluding hydrogens is 410 g/mol. The Kier molecular flexibility index (Phi) is 6.18. The van der Waals surface area contributed by atoms with Gasteiger partial charge in [0, 0.05) is 32.0 Å². The SMILES string of the molecule is CN1C(=O)COc2ccc(C(=O)CCC(=O)NCc3ccc(S(N)(=O)=O)cc3)cc21. The van der Waals surface area contributed by atoms with E-state index in [0.717, 1.165) is 0 Å². The highest BCUT2D eigenvalue weighted by Crippen LogP contribution is 2.32. The van der Waals surface area contributed by atoms with Crippen molar-refractivity contribution in [3.63, 3.8) is 0 Å². The van der Waals surface area contributed by atoms with E-state index in [4.69, 9.17) is 9.88 Å². The van der Waals surface area contributed by atoms with Crippen molar-refractivity contribution in [2.75, 3.05) is 18.6 Å². The van der Waals surface area contributed by atoms with Gasteiger partial charge in [-0.3, -0.25) is 14.4 Å². The Hall–Kier alpha value is -3.24. The van der Waals surface area contributed by atoms with Crippen LogP contribution in [0.15, 0.2) is 47.4 Å². The number of amides is 2. The number of nitrogens with two attached hydrogens (primary N) is 1. The van der Waals surface area contributed by atoms with Crippen LogP contribution in [0.4, 0.5) is 5.69 Å². The van der Waals surface area contributed by atoms with E-state index in [9.17, 15) is 22.8 Å². The summed E-state index contributed by atoms with van der Waals surface area (Å²) in [6.45, 7) is 0.155. The smallest absolute Gasteiger partial charge is 0.264 e. The number of carbonyl (C=O) groups is 3. The third kappa shape index (κ3) is 5.02. The van der Waals surface area contributed by atoms with Crippen LogP contribution in [0.5, 0.6) is 5.75 Å². The van der Waals surface area contributed by atoms with E-state index in [1.807, 2.05) is 0 Å². The fourth-order valence-electron chi connectivity index (χ4n) is 2.90. The van der Waals surface area contributed by atoms with E-state index in [1.165, 1.54) is 17.0 Å². The van der Waals surface area contributed by atoms with E-state index in [1.54, 1.807) is 37.4 Å². The number of ether oxygens (including phenoxy) is 1. The van der Waals surface area contributed by atoms with Crippen LogP contribution < -0.4 is 20.1 Å². The monoisotopic (exact) mass is 431 g/mol. The van der Waals surface area contributed by atoms with Crippen LogP contribution in [0, 0.1) is 0 Å². The second kappa shape index (κ2) is 8.64. The number of anilines is 1. The molecule has 0 saturated carbocycles. The lowest BCUT2D eigenvalue weighted by Gasteiger charge is -2.26. The summed E-state index contributed by atoms with van der Waals surface area (Å²) in [7, 11) is -2.15. The maximum atomic E-state index is 12.4. The van der Waals surface area contributed by atoms with Crippen LogP contribution in [0.1, 0.15) is 28.8 Å². The summed E-state index contributed by atoms with van der Waals surface area (Å²) in [6, 6.07) is 10.7. The number of benzene rings is 2. The second-order valence-corrected chi connectivity index (χ2v) is 8.37. The lowest BCUT2D eigenvalue weighted by molar-refractivity contribution is -0.121. The van der Waals surface area contributed by atoms with Gasteiger partial charge >= 0.3 is 0 Å². The summed E-state index contributed by atoms with van der Waals surface area (Å²) in [6.07, 6.45) is 0.00391. The van der Waals surface area contributed by atoms with E-state index < -0.39 is 10.0 Å². The molecule has 0 saturated heterocycles. The highest BCUT2D eigenvalue weighted by atomic mass is 32.2. The Morgan fingerprint density at radius 3 is 2.50 bits per heavy atom. The van der Waals surface area contributed by atoms with Gasteiger partial charge in [0.25, 0.3) is 5.91 Å². The number of sulfonamides is 1. The molecule has 0 unspecified atom stereocenters. The molecule has 9 nitrogen and oxygen atoms in total. The van der Waals surface area contributed by atoms with Gasteiger partial charge in [0.2, 0.25) is 15.9 Å².